The third kappa shape index (κ3) is 1.92. The van der Waals surface area contributed by atoms with Crippen LogP contribution in [-0.2, 0) is 0 Å². The summed E-state index contributed by atoms with van der Waals surface area (Å²) in [5, 5.41) is 1.90. The van der Waals surface area contributed by atoms with Gasteiger partial charge in [-0.3, -0.25) is 4.79 Å². The van der Waals surface area contributed by atoms with Crippen molar-refractivity contribution in [2.75, 3.05) is 19.0 Å². The lowest BCUT2D eigenvalue weighted by Gasteiger charge is -2.11. The highest BCUT2D eigenvalue weighted by Gasteiger charge is 2.13. The van der Waals surface area contributed by atoms with Crippen LogP contribution < -0.4 is 15.3 Å². The summed E-state index contributed by atoms with van der Waals surface area (Å²) in [5.74, 6) is 0. The van der Waals surface area contributed by atoms with E-state index < -0.39 is 0 Å². The Morgan fingerprint density at radius 2 is 1.77 bits per heavy atom. The zero-order valence-corrected chi connectivity index (χ0v) is 12.4. The zero-order valence-electron chi connectivity index (χ0n) is 12.4. The molecule has 0 saturated carbocycles. The fourth-order valence-corrected chi connectivity index (χ4v) is 2.72. The molecular weight excluding hydrogens is 276 g/mol. The Labute approximate surface area is 126 Å². The fourth-order valence-electron chi connectivity index (χ4n) is 2.72. The van der Waals surface area contributed by atoms with Crippen LogP contribution in [0.15, 0.2) is 57.7 Å². The summed E-state index contributed by atoms with van der Waals surface area (Å²) in [6, 6.07) is 15.0. The van der Waals surface area contributed by atoms with Crippen LogP contribution in [0.1, 0.15) is 0 Å². The molecule has 0 amide bonds. The molecule has 0 atom stereocenters. The molecular formula is C18H15N2O2+. The summed E-state index contributed by atoms with van der Waals surface area (Å²) < 4.78 is 6.03. The fraction of sp³-hybridized carbons (Fsp3) is 0.111. The van der Waals surface area contributed by atoms with Crippen LogP contribution in [0.3, 0.4) is 0 Å². The average molecular weight is 291 g/mol. The number of hydrogen-bond donors (Lipinski definition) is 0. The topological polar surface area (TPSA) is 47.6 Å². The molecule has 1 N–H and O–H groups in total. The highest BCUT2D eigenvalue weighted by atomic mass is 16.3. The van der Waals surface area contributed by atoms with Crippen molar-refractivity contribution in [3.63, 3.8) is 0 Å². The van der Waals surface area contributed by atoms with Gasteiger partial charge in [0, 0.05) is 38.0 Å². The predicted octanol–water partition coefficient (Wildman–Crippen LogP) is 2.98. The molecule has 0 radical (unpaired) electrons. The molecule has 4 nitrogen and oxygen atoms in total. The molecule has 0 fully saturated rings. The first-order valence-electron chi connectivity index (χ1n) is 7.12. The Balaban J connectivity index is 2.11. The average Bonchev–Trinajstić information content (AvgIpc) is 2.52. The van der Waals surface area contributed by atoms with Gasteiger partial charge in [0.25, 0.3) is 5.52 Å². The Bertz CT molecular complexity index is 1080. The van der Waals surface area contributed by atoms with E-state index >= 15 is 0 Å². The number of rotatable bonds is 1. The van der Waals surface area contributed by atoms with Crippen molar-refractivity contribution < 1.29 is 9.40 Å². The van der Waals surface area contributed by atoms with Crippen molar-refractivity contribution in [2.24, 2.45) is 0 Å². The molecule has 22 heavy (non-hydrogen) atoms. The number of fused-ring (bicyclic) bond motifs is 4. The van der Waals surface area contributed by atoms with Crippen molar-refractivity contribution in [1.82, 2.24) is 0 Å². The molecule has 108 valence electrons. The van der Waals surface area contributed by atoms with Crippen LogP contribution >= 0.6 is 0 Å². The van der Waals surface area contributed by atoms with Crippen LogP contribution in [-0.4, -0.2) is 14.1 Å². The number of nitrogens with one attached hydrogen (secondary N) is 1. The molecule has 4 rings (SSSR count). The van der Waals surface area contributed by atoms with Crippen molar-refractivity contribution in [3.05, 3.63) is 58.8 Å². The molecule has 0 bridgehead atoms. The van der Waals surface area contributed by atoms with E-state index in [1.54, 1.807) is 12.1 Å². The predicted molar refractivity (Wildman–Crippen MR) is 88.4 cm³/mol. The minimum atomic E-state index is -0.00328. The summed E-state index contributed by atoms with van der Waals surface area (Å²) in [5.41, 5.74) is 4.35. The zero-order chi connectivity index (χ0) is 15.3. The van der Waals surface area contributed by atoms with E-state index in [2.05, 4.69) is 4.98 Å². The number of hydrogen-bond acceptors (Lipinski definition) is 3. The Kier molecular flexibility index (Phi) is 2.66. The standard InChI is InChI=1S/C18H14N2O2/c1-20(2)12-5-7-15-17(9-12)22-16-8-4-11-3-6-13(21)10-14(11)18(16)19-15/h3-10H,1-2H3/p+1. The number of aromatic nitrogens is 1. The smallest absolute Gasteiger partial charge is 0.255 e. The van der Waals surface area contributed by atoms with Crippen molar-refractivity contribution in [3.8, 4) is 0 Å². The second kappa shape index (κ2) is 4.56. The molecule has 0 aliphatic heterocycles. The maximum absolute atomic E-state index is 11.7. The van der Waals surface area contributed by atoms with Crippen LogP contribution in [0.5, 0.6) is 0 Å². The summed E-state index contributed by atoms with van der Waals surface area (Å²) in [6.45, 7) is 0. The third-order valence-corrected chi connectivity index (χ3v) is 3.92. The van der Waals surface area contributed by atoms with E-state index in [-0.39, 0.29) is 5.43 Å². The SMILES string of the molecule is CN(C)c1ccc2[nH+]c3c(ccc4ccc(=O)cc43)oc2c1. The minimum Gasteiger partial charge on any atom is -0.443 e. The largest absolute Gasteiger partial charge is 0.443 e. The van der Waals surface area contributed by atoms with Crippen molar-refractivity contribution >= 4 is 38.7 Å². The van der Waals surface area contributed by atoms with E-state index in [4.69, 9.17) is 4.42 Å². The number of anilines is 1. The second-order valence-electron chi connectivity index (χ2n) is 5.62. The van der Waals surface area contributed by atoms with Crippen molar-refractivity contribution in [1.29, 1.82) is 0 Å². The Morgan fingerprint density at radius 1 is 0.955 bits per heavy atom. The van der Waals surface area contributed by atoms with E-state index in [0.717, 1.165) is 38.7 Å². The van der Waals surface area contributed by atoms with Crippen molar-refractivity contribution in [2.45, 2.75) is 0 Å². The number of H-pyrrole nitrogens is 1. The maximum atomic E-state index is 11.7. The summed E-state index contributed by atoms with van der Waals surface area (Å²) in [4.78, 5) is 17.1. The molecule has 0 aliphatic rings. The first-order chi connectivity index (χ1) is 10.6. The lowest BCUT2D eigenvalue weighted by atomic mass is 10.1. The van der Waals surface area contributed by atoms with E-state index in [9.17, 15) is 4.79 Å². The lowest BCUT2D eigenvalue weighted by molar-refractivity contribution is -0.310. The Hall–Kier alpha value is -2.88. The summed E-state index contributed by atoms with van der Waals surface area (Å²) >= 11 is 0. The van der Waals surface area contributed by atoms with Gasteiger partial charge in [0.15, 0.2) is 11.0 Å². The van der Waals surface area contributed by atoms with Gasteiger partial charge in [-0.05, 0) is 23.6 Å². The first-order valence-corrected chi connectivity index (χ1v) is 7.12. The first kappa shape index (κ1) is 12.8. The van der Waals surface area contributed by atoms with Crippen LogP contribution in [0.2, 0.25) is 0 Å². The normalized spacial score (nSPS) is 11.4. The van der Waals surface area contributed by atoms with E-state index in [1.165, 1.54) is 0 Å². The molecule has 1 aromatic heterocycles. The van der Waals surface area contributed by atoms with E-state index in [1.807, 2.05) is 55.4 Å². The van der Waals surface area contributed by atoms with Gasteiger partial charge in [0.05, 0.1) is 5.39 Å². The van der Waals surface area contributed by atoms with Gasteiger partial charge in [-0.1, -0.05) is 12.1 Å². The highest BCUT2D eigenvalue weighted by molar-refractivity contribution is 6.02. The van der Waals surface area contributed by atoms with Gasteiger partial charge in [-0.15, -0.1) is 0 Å². The molecule has 0 spiro atoms. The van der Waals surface area contributed by atoms with Crippen LogP contribution in [0, 0.1) is 0 Å². The lowest BCUT2D eigenvalue weighted by Crippen LogP contribution is -2.10. The molecule has 0 unspecified atom stereocenters. The monoisotopic (exact) mass is 291 g/mol. The third-order valence-electron chi connectivity index (χ3n) is 3.92. The second-order valence-corrected chi connectivity index (χ2v) is 5.62. The van der Waals surface area contributed by atoms with Gasteiger partial charge in [-0.25, -0.2) is 0 Å². The van der Waals surface area contributed by atoms with Gasteiger partial charge in [-0.2, -0.15) is 4.98 Å². The highest BCUT2D eigenvalue weighted by Crippen LogP contribution is 2.25. The minimum absolute atomic E-state index is 0.00328. The molecule has 3 aromatic carbocycles. The quantitative estimate of drug-likeness (QED) is 0.400. The van der Waals surface area contributed by atoms with Crippen LogP contribution in [0.4, 0.5) is 5.69 Å². The van der Waals surface area contributed by atoms with Gasteiger partial charge >= 0.3 is 0 Å². The molecule has 0 saturated heterocycles. The van der Waals surface area contributed by atoms with Gasteiger partial charge < -0.3 is 9.32 Å². The number of benzene rings is 3. The van der Waals surface area contributed by atoms with Crippen LogP contribution in [0.25, 0.3) is 33.0 Å². The molecule has 1 heterocycles. The maximum Gasteiger partial charge on any atom is 0.255 e. The molecule has 4 aromatic rings. The number of aromatic amines is 1. The number of nitrogens with zero attached hydrogens (tertiary/aromatic N) is 1. The van der Waals surface area contributed by atoms with E-state index in [0.29, 0.717) is 0 Å². The summed E-state index contributed by atoms with van der Waals surface area (Å²) in [6.07, 6.45) is 0. The Morgan fingerprint density at radius 3 is 2.59 bits per heavy atom. The molecule has 4 heteroatoms. The molecule has 0 aliphatic carbocycles. The van der Waals surface area contributed by atoms with Gasteiger partial charge in [0.1, 0.15) is 0 Å². The summed E-state index contributed by atoms with van der Waals surface area (Å²) in [7, 11) is 3.99. The van der Waals surface area contributed by atoms with Gasteiger partial charge in [0.2, 0.25) is 11.1 Å².